The zero-order valence-electron chi connectivity index (χ0n) is 16.5. The molecular formula is C23H13BrCl3N3O3. The number of carbonyl (C=O) groups is 3. The maximum absolute atomic E-state index is 13.0. The second kappa shape index (κ2) is 9.57. The Morgan fingerprint density at radius 1 is 0.848 bits per heavy atom. The number of imide groups is 1. The molecule has 33 heavy (non-hydrogen) atoms. The fraction of sp³-hybridized carbons (Fsp3) is 0. The summed E-state index contributed by atoms with van der Waals surface area (Å²) in [5, 5.41) is 5.57. The van der Waals surface area contributed by atoms with Crippen LogP contribution in [-0.2, 0) is 9.59 Å². The molecule has 1 aliphatic rings. The van der Waals surface area contributed by atoms with Crippen LogP contribution < -0.4 is 15.5 Å². The third-order valence-corrected chi connectivity index (χ3v) is 6.38. The Bertz CT molecular complexity index is 1330. The molecule has 1 aliphatic heterocycles. The SMILES string of the molecule is O=C(Nc1ccc(Br)cc1)c1cccc(NC2=C(Cl)C(=O)N(c3cccc(Cl)c3Cl)C2=O)c1. The summed E-state index contributed by atoms with van der Waals surface area (Å²) in [5.41, 5.74) is 1.34. The maximum Gasteiger partial charge on any atom is 0.283 e. The summed E-state index contributed by atoms with van der Waals surface area (Å²) < 4.78 is 0.890. The molecule has 0 unspecified atom stereocenters. The number of hydrogen-bond donors (Lipinski definition) is 2. The molecule has 0 spiro atoms. The number of benzene rings is 3. The van der Waals surface area contributed by atoms with Gasteiger partial charge < -0.3 is 10.6 Å². The zero-order chi connectivity index (χ0) is 23.7. The van der Waals surface area contributed by atoms with Gasteiger partial charge in [0.2, 0.25) is 0 Å². The third kappa shape index (κ3) is 4.77. The van der Waals surface area contributed by atoms with Crippen molar-refractivity contribution in [2.45, 2.75) is 0 Å². The first-order chi connectivity index (χ1) is 15.8. The quantitative estimate of drug-likeness (QED) is 0.349. The van der Waals surface area contributed by atoms with Crippen LogP contribution in [0.4, 0.5) is 17.1 Å². The molecule has 6 nitrogen and oxygen atoms in total. The van der Waals surface area contributed by atoms with Crippen molar-refractivity contribution in [3.63, 3.8) is 0 Å². The van der Waals surface area contributed by atoms with E-state index in [2.05, 4.69) is 26.6 Å². The topological polar surface area (TPSA) is 78.5 Å². The summed E-state index contributed by atoms with van der Waals surface area (Å²) in [5.74, 6) is -1.78. The summed E-state index contributed by atoms with van der Waals surface area (Å²) in [7, 11) is 0. The zero-order valence-corrected chi connectivity index (χ0v) is 20.4. The summed E-state index contributed by atoms with van der Waals surface area (Å²) in [4.78, 5) is 39.2. The first-order valence-electron chi connectivity index (χ1n) is 9.43. The smallest absolute Gasteiger partial charge is 0.283 e. The first kappa shape index (κ1) is 23.3. The molecular weight excluding hydrogens is 553 g/mol. The number of hydrogen-bond acceptors (Lipinski definition) is 4. The molecule has 0 bridgehead atoms. The molecule has 0 aromatic heterocycles. The first-order valence-corrected chi connectivity index (χ1v) is 11.4. The molecule has 0 saturated heterocycles. The highest BCUT2D eigenvalue weighted by molar-refractivity contribution is 9.10. The maximum atomic E-state index is 13.0. The van der Waals surface area contributed by atoms with Crippen LogP contribution in [0.1, 0.15) is 10.4 Å². The van der Waals surface area contributed by atoms with Gasteiger partial charge in [0.05, 0.1) is 15.7 Å². The summed E-state index contributed by atoms with van der Waals surface area (Å²) in [6.07, 6.45) is 0. The van der Waals surface area contributed by atoms with E-state index in [-0.39, 0.29) is 32.4 Å². The molecule has 0 fully saturated rings. The second-order valence-electron chi connectivity index (χ2n) is 6.87. The van der Waals surface area contributed by atoms with Crippen molar-refractivity contribution in [2.24, 2.45) is 0 Å². The Hall–Kier alpha value is -2.84. The fourth-order valence-electron chi connectivity index (χ4n) is 3.11. The summed E-state index contributed by atoms with van der Waals surface area (Å²) >= 11 is 21.7. The van der Waals surface area contributed by atoms with Crippen molar-refractivity contribution in [1.29, 1.82) is 0 Å². The Kier molecular flexibility index (Phi) is 6.76. The fourth-order valence-corrected chi connectivity index (χ4v) is 3.97. The van der Waals surface area contributed by atoms with Gasteiger partial charge in [-0.05, 0) is 54.6 Å². The van der Waals surface area contributed by atoms with Gasteiger partial charge in [0.1, 0.15) is 10.7 Å². The molecule has 3 aromatic rings. The molecule has 4 rings (SSSR count). The van der Waals surface area contributed by atoms with Crippen LogP contribution in [0, 0.1) is 0 Å². The predicted octanol–water partition coefficient (Wildman–Crippen LogP) is 6.44. The van der Waals surface area contributed by atoms with Gasteiger partial charge in [0.25, 0.3) is 17.7 Å². The standard InChI is InChI=1S/C23H13BrCl3N3O3/c24-13-7-9-14(10-8-13)29-21(31)12-3-1-4-15(11-12)28-20-19(27)22(32)30(23(20)33)17-6-2-5-16(25)18(17)26/h1-11,28H,(H,29,31). The number of anilines is 3. The van der Waals surface area contributed by atoms with E-state index >= 15 is 0 Å². The molecule has 0 aliphatic carbocycles. The Labute approximate surface area is 212 Å². The van der Waals surface area contributed by atoms with Gasteiger partial charge in [0, 0.05) is 21.4 Å². The van der Waals surface area contributed by atoms with E-state index in [1.165, 1.54) is 18.2 Å². The van der Waals surface area contributed by atoms with Crippen molar-refractivity contribution in [1.82, 2.24) is 0 Å². The van der Waals surface area contributed by atoms with Crippen LogP contribution in [0.2, 0.25) is 10.0 Å². The molecule has 1 heterocycles. The minimum atomic E-state index is -0.738. The average Bonchev–Trinajstić information content (AvgIpc) is 3.00. The van der Waals surface area contributed by atoms with Gasteiger partial charge in [-0.15, -0.1) is 0 Å². The van der Waals surface area contributed by atoms with Crippen molar-refractivity contribution < 1.29 is 14.4 Å². The minimum Gasteiger partial charge on any atom is -0.350 e. The lowest BCUT2D eigenvalue weighted by atomic mass is 10.1. The van der Waals surface area contributed by atoms with E-state index in [9.17, 15) is 14.4 Å². The van der Waals surface area contributed by atoms with Crippen molar-refractivity contribution in [3.05, 3.63) is 97.5 Å². The normalized spacial score (nSPS) is 13.5. The predicted molar refractivity (Wildman–Crippen MR) is 134 cm³/mol. The van der Waals surface area contributed by atoms with Crippen LogP contribution in [0.15, 0.2) is 81.9 Å². The number of carbonyl (C=O) groups excluding carboxylic acids is 3. The van der Waals surface area contributed by atoms with E-state index in [1.807, 2.05) is 12.1 Å². The van der Waals surface area contributed by atoms with Crippen LogP contribution >= 0.6 is 50.7 Å². The van der Waals surface area contributed by atoms with E-state index in [4.69, 9.17) is 34.8 Å². The van der Waals surface area contributed by atoms with Gasteiger partial charge in [-0.3, -0.25) is 14.4 Å². The van der Waals surface area contributed by atoms with Crippen LogP contribution in [0.5, 0.6) is 0 Å². The van der Waals surface area contributed by atoms with Gasteiger partial charge in [0.15, 0.2) is 0 Å². The second-order valence-corrected chi connectivity index (χ2v) is 8.95. The van der Waals surface area contributed by atoms with Crippen molar-refractivity contribution >= 4 is 85.5 Å². The largest absolute Gasteiger partial charge is 0.350 e. The lowest BCUT2D eigenvalue weighted by Gasteiger charge is -2.17. The van der Waals surface area contributed by atoms with Gasteiger partial charge in [-0.25, -0.2) is 4.90 Å². The number of halogens is 4. The van der Waals surface area contributed by atoms with Gasteiger partial charge in [-0.2, -0.15) is 0 Å². The number of rotatable bonds is 5. The van der Waals surface area contributed by atoms with Crippen LogP contribution in [0.25, 0.3) is 0 Å². The van der Waals surface area contributed by atoms with Crippen molar-refractivity contribution in [3.8, 4) is 0 Å². The average molecular weight is 566 g/mol. The number of nitrogens with zero attached hydrogens (tertiary/aromatic N) is 1. The lowest BCUT2D eigenvalue weighted by Crippen LogP contribution is -2.32. The van der Waals surface area contributed by atoms with E-state index < -0.39 is 11.8 Å². The highest BCUT2D eigenvalue weighted by Crippen LogP contribution is 2.37. The third-order valence-electron chi connectivity index (χ3n) is 4.70. The van der Waals surface area contributed by atoms with Crippen LogP contribution in [-0.4, -0.2) is 17.7 Å². The Morgan fingerprint density at radius 2 is 1.55 bits per heavy atom. The van der Waals surface area contributed by atoms with Gasteiger partial charge >= 0.3 is 0 Å². The Balaban J connectivity index is 1.56. The number of nitrogens with one attached hydrogen (secondary N) is 2. The molecule has 2 N–H and O–H groups in total. The number of amides is 3. The van der Waals surface area contributed by atoms with Crippen molar-refractivity contribution in [2.75, 3.05) is 15.5 Å². The molecule has 3 aromatic carbocycles. The highest BCUT2D eigenvalue weighted by atomic mass is 79.9. The molecule has 3 amide bonds. The van der Waals surface area contributed by atoms with E-state index in [1.54, 1.807) is 36.4 Å². The molecule has 0 atom stereocenters. The molecule has 0 saturated carbocycles. The summed E-state index contributed by atoms with van der Waals surface area (Å²) in [6, 6.07) is 18.2. The molecule has 0 radical (unpaired) electrons. The molecule has 166 valence electrons. The van der Waals surface area contributed by atoms with Crippen LogP contribution in [0.3, 0.4) is 0 Å². The van der Waals surface area contributed by atoms with E-state index in [0.717, 1.165) is 9.37 Å². The Morgan fingerprint density at radius 3 is 2.27 bits per heavy atom. The minimum absolute atomic E-state index is 0.0539. The lowest BCUT2D eigenvalue weighted by molar-refractivity contribution is -0.120. The molecule has 10 heteroatoms. The highest BCUT2D eigenvalue weighted by Gasteiger charge is 2.40. The summed E-state index contributed by atoms with van der Waals surface area (Å²) in [6.45, 7) is 0. The van der Waals surface area contributed by atoms with E-state index in [0.29, 0.717) is 16.9 Å². The van der Waals surface area contributed by atoms with Gasteiger partial charge in [-0.1, -0.05) is 62.9 Å². The monoisotopic (exact) mass is 563 g/mol.